The van der Waals surface area contributed by atoms with Crippen LogP contribution in [-0.4, -0.2) is 22.5 Å². The molecule has 0 aliphatic carbocycles. The largest absolute Gasteiger partial charge is 0.477 e. The molecule has 0 atom stereocenters. The maximum absolute atomic E-state index is 13.0. The van der Waals surface area contributed by atoms with Gasteiger partial charge in [-0.1, -0.05) is 19.4 Å². The number of nitrogens with zero attached hydrogens (tertiary/aromatic N) is 2. The monoisotopic (exact) mass is 397 g/mol. The van der Waals surface area contributed by atoms with Crippen molar-refractivity contribution in [2.75, 3.05) is 6.61 Å². The molecule has 0 bridgehead atoms. The topological polar surface area (TPSA) is 77.2 Å². The second-order valence-corrected chi connectivity index (χ2v) is 6.57. The van der Waals surface area contributed by atoms with Gasteiger partial charge in [-0.3, -0.25) is 4.79 Å². The molecule has 0 unspecified atom stereocenters. The second-order valence-electron chi connectivity index (χ2n) is 6.57. The van der Waals surface area contributed by atoms with E-state index in [0.29, 0.717) is 37.1 Å². The molecule has 0 spiro atoms. The number of benzene rings is 1. The molecule has 0 radical (unpaired) electrons. The minimum absolute atomic E-state index is 0.116. The molecule has 0 saturated carbocycles. The Bertz CT molecular complexity index is 925. The number of amides is 1. The minimum atomic E-state index is -0.308. The number of carbonyl (C=O) groups excluding carboxylic acids is 1. The number of halogens is 1. The first-order valence-corrected chi connectivity index (χ1v) is 9.69. The van der Waals surface area contributed by atoms with Crippen molar-refractivity contribution in [2.24, 2.45) is 0 Å². The minimum Gasteiger partial charge on any atom is -0.477 e. The molecular formula is C22H24FN3O3. The summed E-state index contributed by atoms with van der Waals surface area (Å²) in [5.74, 6) is 1.14. The summed E-state index contributed by atoms with van der Waals surface area (Å²) < 4.78 is 24.3. The molecule has 1 amide bonds. The van der Waals surface area contributed by atoms with Crippen LogP contribution in [0.1, 0.15) is 37.6 Å². The van der Waals surface area contributed by atoms with E-state index in [0.717, 1.165) is 24.0 Å². The molecule has 29 heavy (non-hydrogen) atoms. The Hall–Kier alpha value is -3.22. The van der Waals surface area contributed by atoms with E-state index in [4.69, 9.17) is 9.15 Å². The summed E-state index contributed by atoms with van der Waals surface area (Å²) in [5, 5.41) is 2.87. The highest BCUT2D eigenvalue weighted by Crippen LogP contribution is 2.21. The standard InChI is InChI=1S/C22H24FN3O3/c1-2-3-13-28-22-17(5-4-12-24-22)14-25-20(27)10-11-21-26-15-19(29-21)16-6-8-18(23)9-7-16/h4-9,12,15H,2-3,10-11,13-14H2,1H3,(H,25,27). The molecule has 0 aliphatic heterocycles. The fourth-order valence-electron chi connectivity index (χ4n) is 2.68. The molecule has 152 valence electrons. The van der Waals surface area contributed by atoms with Crippen LogP contribution >= 0.6 is 0 Å². The van der Waals surface area contributed by atoms with Gasteiger partial charge in [-0.15, -0.1) is 0 Å². The zero-order valence-electron chi connectivity index (χ0n) is 16.4. The molecule has 0 saturated heterocycles. The third kappa shape index (κ3) is 6.14. The number of pyridine rings is 1. The molecular weight excluding hydrogens is 373 g/mol. The molecule has 1 aromatic carbocycles. The summed E-state index contributed by atoms with van der Waals surface area (Å²) in [5.41, 5.74) is 1.58. The smallest absolute Gasteiger partial charge is 0.220 e. The zero-order valence-corrected chi connectivity index (χ0v) is 16.4. The van der Waals surface area contributed by atoms with Crippen molar-refractivity contribution in [3.05, 3.63) is 66.1 Å². The van der Waals surface area contributed by atoms with Crippen LogP contribution in [0.25, 0.3) is 11.3 Å². The zero-order chi connectivity index (χ0) is 20.5. The lowest BCUT2D eigenvalue weighted by Gasteiger charge is -2.10. The van der Waals surface area contributed by atoms with E-state index in [1.165, 1.54) is 12.1 Å². The highest BCUT2D eigenvalue weighted by atomic mass is 19.1. The normalized spacial score (nSPS) is 10.7. The lowest BCUT2D eigenvalue weighted by atomic mass is 10.2. The highest BCUT2D eigenvalue weighted by molar-refractivity contribution is 5.76. The first-order chi connectivity index (χ1) is 14.2. The molecule has 0 fully saturated rings. The van der Waals surface area contributed by atoms with Crippen molar-refractivity contribution in [2.45, 2.75) is 39.2 Å². The van der Waals surface area contributed by atoms with E-state index in [9.17, 15) is 9.18 Å². The predicted molar refractivity (Wildman–Crippen MR) is 107 cm³/mol. The molecule has 2 aromatic heterocycles. The number of hydrogen-bond acceptors (Lipinski definition) is 5. The number of aromatic nitrogens is 2. The fraction of sp³-hybridized carbons (Fsp3) is 0.318. The van der Waals surface area contributed by atoms with Crippen LogP contribution in [0.4, 0.5) is 4.39 Å². The summed E-state index contributed by atoms with van der Waals surface area (Å²) in [6.07, 6.45) is 5.88. The molecule has 2 heterocycles. The molecule has 6 nitrogen and oxygen atoms in total. The molecule has 3 rings (SSSR count). The average molecular weight is 397 g/mol. The first kappa shape index (κ1) is 20.5. The van der Waals surface area contributed by atoms with Crippen molar-refractivity contribution in [1.29, 1.82) is 0 Å². The Balaban J connectivity index is 1.48. The molecule has 0 aliphatic rings. The average Bonchev–Trinajstić information content (AvgIpc) is 3.21. The Morgan fingerprint density at radius 3 is 2.83 bits per heavy atom. The van der Waals surface area contributed by atoms with Crippen LogP contribution in [-0.2, 0) is 17.8 Å². The first-order valence-electron chi connectivity index (χ1n) is 9.69. The van der Waals surface area contributed by atoms with Crippen molar-refractivity contribution < 1.29 is 18.3 Å². The Kier molecular flexibility index (Phi) is 7.33. The van der Waals surface area contributed by atoms with Crippen LogP contribution in [0.2, 0.25) is 0 Å². The maximum atomic E-state index is 13.0. The van der Waals surface area contributed by atoms with Gasteiger partial charge in [-0.2, -0.15) is 0 Å². The number of hydrogen-bond donors (Lipinski definition) is 1. The summed E-state index contributed by atoms with van der Waals surface area (Å²) in [6, 6.07) is 9.68. The van der Waals surface area contributed by atoms with Crippen LogP contribution in [0.5, 0.6) is 5.88 Å². The maximum Gasteiger partial charge on any atom is 0.220 e. The van der Waals surface area contributed by atoms with E-state index >= 15 is 0 Å². The van der Waals surface area contributed by atoms with Gasteiger partial charge in [0.2, 0.25) is 11.8 Å². The van der Waals surface area contributed by atoms with Crippen molar-refractivity contribution in [1.82, 2.24) is 15.3 Å². The van der Waals surface area contributed by atoms with Gasteiger partial charge in [0, 0.05) is 36.7 Å². The van der Waals surface area contributed by atoms with Crippen LogP contribution in [0.15, 0.2) is 53.2 Å². The van der Waals surface area contributed by atoms with Crippen molar-refractivity contribution >= 4 is 5.91 Å². The third-order valence-electron chi connectivity index (χ3n) is 4.31. The number of carbonyl (C=O) groups is 1. The lowest BCUT2D eigenvalue weighted by Crippen LogP contribution is -2.23. The van der Waals surface area contributed by atoms with E-state index in [2.05, 4.69) is 22.2 Å². The third-order valence-corrected chi connectivity index (χ3v) is 4.31. The number of oxazole rings is 1. The van der Waals surface area contributed by atoms with Crippen molar-refractivity contribution in [3.63, 3.8) is 0 Å². The van der Waals surface area contributed by atoms with Gasteiger partial charge in [0.1, 0.15) is 5.82 Å². The SMILES string of the molecule is CCCCOc1ncccc1CNC(=O)CCc1ncc(-c2ccc(F)cc2)o1. The number of rotatable bonds is 10. The quantitative estimate of drug-likeness (QED) is 0.516. The Labute approximate surface area is 169 Å². The van der Waals surface area contributed by atoms with Gasteiger partial charge in [-0.25, -0.2) is 14.4 Å². The van der Waals surface area contributed by atoms with Gasteiger partial charge in [0.05, 0.1) is 12.8 Å². The Morgan fingerprint density at radius 2 is 2.03 bits per heavy atom. The van der Waals surface area contributed by atoms with E-state index in [1.807, 2.05) is 12.1 Å². The van der Waals surface area contributed by atoms with Crippen molar-refractivity contribution in [3.8, 4) is 17.2 Å². The molecule has 7 heteroatoms. The van der Waals surface area contributed by atoms with Gasteiger partial charge in [-0.05, 0) is 36.8 Å². The summed E-state index contributed by atoms with van der Waals surface area (Å²) in [6.45, 7) is 3.05. The van der Waals surface area contributed by atoms with Gasteiger partial charge in [0.25, 0.3) is 0 Å². The number of aryl methyl sites for hydroxylation is 1. The van der Waals surface area contributed by atoms with Crippen LogP contribution < -0.4 is 10.1 Å². The van der Waals surface area contributed by atoms with Crippen LogP contribution in [0.3, 0.4) is 0 Å². The number of unbranched alkanes of at least 4 members (excludes halogenated alkanes) is 1. The van der Waals surface area contributed by atoms with Gasteiger partial charge < -0.3 is 14.5 Å². The summed E-state index contributed by atoms with van der Waals surface area (Å²) in [4.78, 5) is 20.6. The molecule has 3 aromatic rings. The number of nitrogens with one attached hydrogen (secondary N) is 1. The van der Waals surface area contributed by atoms with Gasteiger partial charge in [0.15, 0.2) is 11.7 Å². The van der Waals surface area contributed by atoms with Crippen LogP contribution in [0, 0.1) is 5.82 Å². The Morgan fingerprint density at radius 1 is 1.21 bits per heavy atom. The summed E-state index contributed by atoms with van der Waals surface area (Å²) >= 11 is 0. The second kappa shape index (κ2) is 10.4. The van der Waals surface area contributed by atoms with E-state index in [-0.39, 0.29) is 18.1 Å². The van der Waals surface area contributed by atoms with E-state index < -0.39 is 0 Å². The predicted octanol–water partition coefficient (Wildman–Crippen LogP) is 4.30. The summed E-state index contributed by atoms with van der Waals surface area (Å²) in [7, 11) is 0. The lowest BCUT2D eigenvalue weighted by molar-refractivity contribution is -0.121. The number of ether oxygens (including phenoxy) is 1. The highest BCUT2D eigenvalue weighted by Gasteiger charge is 2.11. The van der Waals surface area contributed by atoms with Gasteiger partial charge >= 0.3 is 0 Å². The molecule has 1 N–H and O–H groups in total. The van der Waals surface area contributed by atoms with E-state index in [1.54, 1.807) is 24.5 Å². The fourth-order valence-corrected chi connectivity index (χ4v) is 2.68.